The summed E-state index contributed by atoms with van der Waals surface area (Å²) in [6.07, 6.45) is 2.65. The van der Waals surface area contributed by atoms with E-state index >= 15 is 0 Å². The fraction of sp³-hybridized carbons (Fsp3) is 0.350. The van der Waals surface area contributed by atoms with Crippen LogP contribution in [-0.2, 0) is 0 Å². The van der Waals surface area contributed by atoms with Gasteiger partial charge in [0.15, 0.2) is 0 Å². The first-order valence-corrected chi connectivity index (χ1v) is 9.26. The summed E-state index contributed by atoms with van der Waals surface area (Å²) < 4.78 is 27.2. The third-order valence-electron chi connectivity index (χ3n) is 4.97. The highest BCUT2D eigenvalue weighted by Crippen LogP contribution is 2.28. The van der Waals surface area contributed by atoms with Crippen molar-refractivity contribution in [1.29, 1.82) is 0 Å². The van der Waals surface area contributed by atoms with Gasteiger partial charge in [-0.15, -0.1) is 0 Å². The number of nitrogens with one attached hydrogen (secondary N) is 1. The van der Waals surface area contributed by atoms with Gasteiger partial charge in [0, 0.05) is 30.6 Å². The molecule has 3 aromatic rings. The molecule has 0 bridgehead atoms. The molecule has 1 aromatic carbocycles. The summed E-state index contributed by atoms with van der Waals surface area (Å²) >= 11 is 0. The topological polar surface area (TPSA) is 80.0 Å². The summed E-state index contributed by atoms with van der Waals surface area (Å²) in [5.41, 5.74) is 7.22. The van der Waals surface area contributed by atoms with E-state index < -0.39 is 11.6 Å². The van der Waals surface area contributed by atoms with E-state index in [9.17, 15) is 8.78 Å². The first kappa shape index (κ1) is 18.5. The van der Waals surface area contributed by atoms with Crippen molar-refractivity contribution in [1.82, 2.24) is 15.0 Å². The SMILES string of the molecule is Cc1nc(N[C@H](C)c2cc(F)cc(F)c2)c2cc(N3CC[C@@H](N)C3)ncc2n1. The lowest BCUT2D eigenvalue weighted by Gasteiger charge is -2.20. The Morgan fingerprint density at radius 3 is 2.61 bits per heavy atom. The third-order valence-corrected chi connectivity index (χ3v) is 4.97. The molecule has 0 radical (unpaired) electrons. The lowest BCUT2D eigenvalue weighted by molar-refractivity contribution is 0.577. The van der Waals surface area contributed by atoms with Gasteiger partial charge in [0.25, 0.3) is 0 Å². The Balaban J connectivity index is 1.70. The molecular weight excluding hydrogens is 362 g/mol. The molecule has 1 aliphatic rings. The van der Waals surface area contributed by atoms with Crippen molar-refractivity contribution in [2.24, 2.45) is 5.73 Å². The lowest BCUT2D eigenvalue weighted by atomic mass is 10.1. The number of nitrogens with zero attached hydrogens (tertiary/aromatic N) is 4. The summed E-state index contributed by atoms with van der Waals surface area (Å²) in [5, 5.41) is 4.07. The van der Waals surface area contributed by atoms with Crippen LogP contribution in [0.2, 0.25) is 0 Å². The standard InChI is InChI=1S/C20H22F2N6/c1-11(13-5-14(21)7-15(22)6-13)25-20-17-8-19(28-4-3-16(23)10-28)24-9-18(17)26-12(2)27-20/h5-9,11,16H,3-4,10,23H2,1-2H3,(H,25,26,27)/t11-,16-/m1/s1. The molecule has 2 atom stereocenters. The third kappa shape index (κ3) is 3.73. The van der Waals surface area contributed by atoms with E-state index in [0.29, 0.717) is 22.7 Å². The molecule has 146 valence electrons. The molecule has 1 aliphatic heterocycles. The molecule has 8 heteroatoms. The monoisotopic (exact) mass is 384 g/mol. The van der Waals surface area contributed by atoms with E-state index in [0.717, 1.165) is 36.8 Å². The summed E-state index contributed by atoms with van der Waals surface area (Å²) in [6, 6.07) is 5.23. The Labute approximate surface area is 161 Å². The van der Waals surface area contributed by atoms with Crippen LogP contribution >= 0.6 is 0 Å². The normalized spacial score (nSPS) is 17.9. The summed E-state index contributed by atoms with van der Waals surface area (Å²) in [4.78, 5) is 15.6. The number of pyridine rings is 1. The van der Waals surface area contributed by atoms with E-state index in [2.05, 4.69) is 25.2 Å². The first-order chi connectivity index (χ1) is 13.4. The number of rotatable bonds is 4. The molecule has 0 unspecified atom stereocenters. The van der Waals surface area contributed by atoms with Gasteiger partial charge in [0.05, 0.1) is 17.8 Å². The van der Waals surface area contributed by atoms with Gasteiger partial charge in [-0.2, -0.15) is 0 Å². The Morgan fingerprint density at radius 2 is 1.93 bits per heavy atom. The number of halogens is 2. The second kappa shape index (κ2) is 7.27. The van der Waals surface area contributed by atoms with Crippen LogP contribution in [0.5, 0.6) is 0 Å². The minimum atomic E-state index is -0.607. The van der Waals surface area contributed by atoms with E-state index in [1.54, 1.807) is 13.1 Å². The van der Waals surface area contributed by atoms with Crippen LogP contribution in [0.15, 0.2) is 30.5 Å². The average Bonchev–Trinajstić information content (AvgIpc) is 3.07. The van der Waals surface area contributed by atoms with Crippen LogP contribution in [0.25, 0.3) is 10.9 Å². The largest absolute Gasteiger partial charge is 0.363 e. The van der Waals surface area contributed by atoms with Crippen molar-refractivity contribution in [3.8, 4) is 0 Å². The van der Waals surface area contributed by atoms with Gasteiger partial charge in [0.2, 0.25) is 0 Å². The zero-order valence-corrected chi connectivity index (χ0v) is 15.8. The Kier molecular flexibility index (Phi) is 4.80. The van der Waals surface area contributed by atoms with Gasteiger partial charge >= 0.3 is 0 Å². The number of aryl methyl sites for hydroxylation is 1. The molecule has 0 aliphatic carbocycles. The molecule has 28 heavy (non-hydrogen) atoms. The lowest BCUT2D eigenvalue weighted by Crippen LogP contribution is -2.26. The molecule has 0 amide bonds. The number of benzene rings is 1. The van der Waals surface area contributed by atoms with Crippen molar-refractivity contribution in [3.05, 3.63) is 53.5 Å². The van der Waals surface area contributed by atoms with Crippen molar-refractivity contribution >= 4 is 22.5 Å². The fourth-order valence-electron chi connectivity index (χ4n) is 3.53. The number of nitrogens with two attached hydrogens (primary N) is 1. The van der Waals surface area contributed by atoms with Gasteiger partial charge in [-0.25, -0.2) is 23.7 Å². The smallest absolute Gasteiger partial charge is 0.138 e. The molecule has 4 rings (SSSR count). The maximum absolute atomic E-state index is 13.6. The van der Waals surface area contributed by atoms with Gasteiger partial charge in [-0.05, 0) is 44.0 Å². The quantitative estimate of drug-likeness (QED) is 0.718. The van der Waals surface area contributed by atoms with E-state index in [-0.39, 0.29) is 12.1 Å². The molecule has 0 saturated carbocycles. The highest BCUT2D eigenvalue weighted by atomic mass is 19.1. The molecular formula is C20H22F2N6. The maximum Gasteiger partial charge on any atom is 0.138 e. The van der Waals surface area contributed by atoms with Crippen LogP contribution in [0, 0.1) is 18.6 Å². The van der Waals surface area contributed by atoms with Crippen LogP contribution in [0.3, 0.4) is 0 Å². The zero-order chi connectivity index (χ0) is 19.8. The molecule has 3 heterocycles. The van der Waals surface area contributed by atoms with Crippen molar-refractivity contribution < 1.29 is 8.78 Å². The zero-order valence-electron chi connectivity index (χ0n) is 15.8. The minimum absolute atomic E-state index is 0.146. The van der Waals surface area contributed by atoms with Crippen LogP contribution in [-0.4, -0.2) is 34.1 Å². The maximum atomic E-state index is 13.6. The van der Waals surface area contributed by atoms with Crippen molar-refractivity contribution in [2.75, 3.05) is 23.3 Å². The second-order valence-corrected chi connectivity index (χ2v) is 7.24. The van der Waals surface area contributed by atoms with E-state index in [1.807, 2.05) is 13.0 Å². The summed E-state index contributed by atoms with van der Waals surface area (Å²) in [5.74, 6) is 0.797. The molecule has 2 aromatic heterocycles. The van der Waals surface area contributed by atoms with E-state index in [4.69, 9.17) is 5.73 Å². The van der Waals surface area contributed by atoms with Crippen LogP contribution < -0.4 is 16.0 Å². The van der Waals surface area contributed by atoms with E-state index in [1.165, 1.54) is 12.1 Å². The average molecular weight is 384 g/mol. The predicted octanol–water partition coefficient (Wildman–Crippen LogP) is 3.32. The number of hydrogen-bond donors (Lipinski definition) is 2. The molecule has 0 spiro atoms. The van der Waals surface area contributed by atoms with Gasteiger partial charge in [0.1, 0.15) is 29.1 Å². The summed E-state index contributed by atoms with van der Waals surface area (Å²) in [6.45, 7) is 5.24. The molecule has 6 nitrogen and oxygen atoms in total. The number of anilines is 2. The Hall–Kier alpha value is -2.87. The predicted molar refractivity (Wildman–Crippen MR) is 105 cm³/mol. The molecule has 3 N–H and O–H groups in total. The molecule has 1 fully saturated rings. The first-order valence-electron chi connectivity index (χ1n) is 9.26. The Bertz CT molecular complexity index is 1000. The number of aromatic nitrogens is 3. The minimum Gasteiger partial charge on any atom is -0.363 e. The highest BCUT2D eigenvalue weighted by molar-refractivity contribution is 5.90. The Morgan fingerprint density at radius 1 is 1.18 bits per heavy atom. The van der Waals surface area contributed by atoms with Gasteiger partial charge in [-0.1, -0.05) is 0 Å². The van der Waals surface area contributed by atoms with Crippen LogP contribution in [0.4, 0.5) is 20.4 Å². The molecule has 1 saturated heterocycles. The number of hydrogen-bond acceptors (Lipinski definition) is 6. The second-order valence-electron chi connectivity index (χ2n) is 7.24. The fourth-order valence-corrected chi connectivity index (χ4v) is 3.53. The van der Waals surface area contributed by atoms with Crippen molar-refractivity contribution in [2.45, 2.75) is 32.4 Å². The summed E-state index contributed by atoms with van der Waals surface area (Å²) in [7, 11) is 0. The van der Waals surface area contributed by atoms with Gasteiger partial charge in [-0.3, -0.25) is 0 Å². The highest BCUT2D eigenvalue weighted by Gasteiger charge is 2.21. The number of fused-ring (bicyclic) bond motifs is 1. The van der Waals surface area contributed by atoms with Crippen LogP contribution in [0.1, 0.15) is 30.8 Å². The van der Waals surface area contributed by atoms with Crippen molar-refractivity contribution in [3.63, 3.8) is 0 Å². The van der Waals surface area contributed by atoms with Gasteiger partial charge < -0.3 is 16.0 Å².